The van der Waals surface area contributed by atoms with Crippen molar-refractivity contribution in [1.29, 1.82) is 5.26 Å². The topological polar surface area (TPSA) is 177 Å². The van der Waals surface area contributed by atoms with Gasteiger partial charge >= 0.3 is 6.18 Å². The van der Waals surface area contributed by atoms with Crippen molar-refractivity contribution in [3.8, 4) is 27.6 Å². The maximum absolute atomic E-state index is 14.3. The Labute approximate surface area is 425 Å². The van der Waals surface area contributed by atoms with Crippen molar-refractivity contribution in [3.05, 3.63) is 124 Å². The first kappa shape index (κ1) is 53.4. The molecule has 7 rings (SSSR count). The number of hydrogen-bond donors (Lipinski definition) is 3. The van der Waals surface area contributed by atoms with Crippen LogP contribution in [0.25, 0.3) is 21.6 Å². The number of rotatable bonds is 17. The number of thiazole rings is 1. The van der Waals surface area contributed by atoms with Crippen LogP contribution in [0.5, 0.6) is 0 Å². The van der Waals surface area contributed by atoms with Crippen LogP contribution < -0.4 is 20.4 Å². The van der Waals surface area contributed by atoms with Crippen LogP contribution in [0.4, 0.5) is 24.5 Å². The monoisotopic (exact) mass is 1020 g/mol. The molecule has 3 atom stereocenters. The van der Waals surface area contributed by atoms with Gasteiger partial charge in [-0.1, -0.05) is 81.4 Å². The lowest BCUT2D eigenvalue weighted by atomic mass is 9.85. The van der Waals surface area contributed by atoms with Gasteiger partial charge in [-0.2, -0.15) is 18.4 Å². The van der Waals surface area contributed by atoms with E-state index in [1.54, 1.807) is 42.5 Å². The smallest absolute Gasteiger partial charge is 0.392 e. The molecule has 1 aromatic heterocycles. The number of amides is 4. The minimum Gasteiger partial charge on any atom is -0.392 e. The quantitative estimate of drug-likeness (QED) is 0.0601. The van der Waals surface area contributed by atoms with Gasteiger partial charge < -0.3 is 30.1 Å². The van der Waals surface area contributed by atoms with Crippen molar-refractivity contribution in [2.24, 2.45) is 5.41 Å². The number of aromatic nitrogens is 1. The third-order valence-corrected chi connectivity index (χ3v) is 13.8. The molecule has 2 aliphatic rings. The number of aliphatic hydroxyl groups is 1. The Hall–Kier alpha value is -6.40. The average Bonchev–Trinajstić information content (AvgIpc) is 4.03. The van der Waals surface area contributed by atoms with Gasteiger partial charge in [0.05, 0.1) is 64.3 Å². The Balaban J connectivity index is 0.880. The molecule has 4 aromatic carbocycles. The number of anilines is 2. The number of carbonyl (C=O) groups is 4. The molecule has 0 aliphatic carbocycles. The highest BCUT2D eigenvalue weighted by Gasteiger charge is 2.51. The summed E-state index contributed by atoms with van der Waals surface area (Å²) in [6, 6.07) is 25.4. The molecule has 3 heterocycles. The fourth-order valence-corrected chi connectivity index (χ4v) is 9.90. The third kappa shape index (κ3) is 12.1. The molecule has 2 aliphatic heterocycles. The van der Waals surface area contributed by atoms with E-state index < -0.39 is 70.1 Å². The summed E-state index contributed by atoms with van der Waals surface area (Å²) in [5.41, 5.74) is 3.85. The summed E-state index contributed by atoms with van der Waals surface area (Å²) in [5, 5.41) is 25.3. The molecule has 3 N–H and O–H groups in total. The number of hydrogen-bond acceptors (Lipinski definition) is 12. The fraction of sp³-hybridized carbons (Fsp3) is 0.377. The lowest BCUT2D eigenvalue weighted by molar-refractivity contribution is -0.151. The second-order valence-corrected chi connectivity index (χ2v) is 20.5. The van der Waals surface area contributed by atoms with Crippen molar-refractivity contribution in [3.63, 3.8) is 0 Å². The van der Waals surface area contributed by atoms with Crippen LogP contribution in [0.2, 0.25) is 0 Å². The molecule has 378 valence electrons. The van der Waals surface area contributed by atoms with E-state index in [0.717, 1.165) is 55.4 Å². The lowest BCUT2D eigenvalue weighted by Gasteiger charge is -2.35. The zero-order valence-corrected chi connectivity index (χ0v) is 42.3. The Kier molecular flexibility index (Phi) is 16.4. The Morgan fingerprint density at radius 1 is 0.958 bits per heavy atom. The minimum absolute atomic E-state index is 0.00487. The van der Waals surface area contributed by atoms with Crippen LogP contribution in [0.3, 0.4) is 0 Å². The Bertz CT molecular complexity index is 2840. The van der Waals surface area contributed by atoms with Gasteiger partial charge in [-0.25, -0.2) is 4.98 Å². The fourth-order valence-electron chi connectivity index (χ4n) is 8.56. The highest BCUT2D eigenvalue weighted by molar-refractivity contribution is 7.81. The summed E-state index contributed by atoms with van der Waals surface area (Å²) in [6.07, 6.45) is -4.87. The summed E-state index contributed by atoms with van der Waals surface area (Å²) in [4.78, 5) is 64.3. The molecule has 2 saturated heterocycles. The zero-order valence-electron chi connectivity index (χ0n) is 40.7. The highest BCUT2D eigenvalue weighted by atomic mass is 32.1. The number of ether oxygens (including phenoxy) is 2. The summed E-state index contributed by atoms with van der Waals surface area (Å²) in [6.45, 7) is 11.4. The summed E-state index contributed by atoms with van der Waals surface area (Å²) in [7, 11) is 0. The van der Waals surface area contributed by atoms with E-state index in [1.807, 2.05) is 88.4 Å². The number of nitrogens with zero attached hydrogens (tertiary/aromatic N) is 5. The molecular formula is C53H56F3N7O7S2. The summed E-state index contributed by atoms with van der Waals surface area (Å²) < 4.78 is 52.9. The molecule has 0 radical (unpaired) electrons. The van der Waals surface area contributed by atoms with Crippen molar-refractivity contribution in [1.82, 2.24) is 20.5 Å². The predicted molar refractivity (Wildman–Crippen MR) is 271 cm³/mol. The number of β-amino-alcohol motifs (C(OH)–C–C–N with tert-alkyl or cyclic N) is 1. The number of aryl methyl sites for hydroxylation is 1. The number of halogens is 3. The summed E-state index contributed by atoms with van der Waals surface area (Å²) in [5.74, 6) is -2.08. The maximum atomic E-state index is 14.3. The van der Waals surface area contributed by atoms with Crippen LogP contribution in [0.15, 0.2) is 96.5 Å². The second kappa shape index (κ2) is 22.2. The van der Waals surface area contributed by atoms with Gasteiger partial charge in [0.15, 0.2) is 5.11 Å². The van der Waals surface area contributed by atoms with E-state index in [4.69, 9.17) is 21.7 Å². The van der Waals surface area contributed by atoms with Gasteiger partial charge in [0.25, 0.3) is 11.8 Å². The minimum atomic E-state index is -4.81. The number of alkyl halides is 3. The molecule has 4 amide bonds. The number of carbonyl (C=O) groups excluding carboxylic acids is 4. The number of imide groups is 1. The van der Waals surface area contributed by atoms with Crippen molar-refractivity contribution >= 4 is 63.7 Å². The number of nitrogens with one attached hydrogen (secondary N) is 2. The molecule has 72 heavy (non-hydrogen) atoms. The molecule has 2 fully saturated rings. The van der Waals surface area contributed by atoms with Gasteiger partial charge in [0.1, 0.15) is 18.2 Å². The van der Waals surface area contributed by atoms with Crippen molar-refractivity contribution in [2.75, 3.05) is 36.2 Å². The maximum Gasteiger partial charge on any atom is 0.417 e. The van der Waals surface area contributed by atoms with E-state index in [9.17, 15) is 42.7 Å². The van der Waals surface area contributed by atoms with Crippen LogP contribution in [0.1, 0.15) is 75.4 Å². The molecule has 0 saturated carbocycles. The number of aliphatic hydroxyl groups excluding tert-OH is 1. The van der Waals surface area contributed by atoms with Gasteiger partial charge in [0, 0.05) is 25.4 Å². The molecule has 0 bridgehead atoms. The normalized spacial score (nSPS) is 17.2. The number of benzene rings is 4. The lowest BCUT2D eigenvalue weighted by Crippen LogP contribution is -2.58. The van der Waals surface area contributed by atoms with E-state index in [-0.39, 0.29) is 43.5 Å². The molecular weight excluding hydrogens is 968 g/mol. The average molecular weight is 1020 g/mol. The van der Waals surface area contributed by atoms with Crippen molar-refractivity contribution in [2.45, 2.75) is 97.4 Å². The van der Waals surface area contributed by atoms with Gasteiger partial charge in [-0.05, 0) is 109 Å². The first-order chi connectivity index (χ1) is 34.1. The molecule has 19 heteroatoms. The van der Waals surface area contributed by atoms with Crippen molar-refractivity contribution < 1.29 is 46.9 Å². The first-order valence-electron chi connectivity index (χ1n) is 23.3. The van der Waals surface area contributed by atoms with Crippen LogP contribution >= 0.6 is 23.6 Å². The Morgan fingerprint density at radius 2 is 1.57 bits per heavy atom. The zero-order chi connectivity index (χ0) is 52.1. The van der Waals surface area contributed by atoms with E-state index in [2.05, 4.69) is 15.6 Å². The van der Waals surface area contributed by atoms with Crippen LogP contribution in [0, 0.1) is 23.7 Å². The Morgan fingerprint density at radius 3 is 2.15 bits per heavy atom. The number of nitriles is 1. The molecule has 1 unspecified atom stereocenters. The van der Waals surface area contributed by atoms with E-state index >= 15 is 0 Å². The molecule has 14 nitrogen and oxygen atoms in total. The third-order valence-electron chi connectivity index (χ3n) is 12.5. The highest BCUT2D eigenvalue weighted by Crippen LogP contribution is 2.40. The first-order valence-corrected chi connectivity index (χ1v) is 24.6. The largest absolute Gasteiger partial charge is 0.417 e. The SMILES string of the molecule is Cc1ncsc1-c1ccc(CN(C(=O)C(NC(=O)COCCCOCc2ccc(-c3ccc(N4C(=S)N(c5ccc(C#N)c(C(F)(F)F)c5)C(=O)C4(C)C)cc3)cc2)C(C)(C)C)C(=O)[C@@H]2C[C@@H](O)CN2)cc1. The van der Waals surface area contributed by atoms with E-state index in [0.29, 0.717) is 25.3 Å². The van der Waals surface area contributed by atoms with Crippen LogP contribution in [-0.2, 0) is 48.0 Å². The number of thiocarbonyl (C=S) groups is 1. The standard InChI is InChI=1S/C53H56F3N7O7S2/c1-32-45(72-31-59-32)37-14-8-33(9-15-37)28-61(47(66)43-25-41(64)27-58-43)48(67)46(51(2,3)4)60-44(65)30-70-23-7-22-69-29-34-10-12-35(13-11-34)36-16-19-39(20-17-36)63-50(71)62(49(68)52(63,5)6)40-21-18-38(26-57)42(24-40)53(54,55)56/h8-21,24,31,41,43,46,58,64H,7,22-23,25,27-30H2,1-6H3,(H,60,65)/t41-,43+,46?/m1/s1. The molecule has 0 spiro atoms. The molecule has 5 aromatic rings. The van der Waals surface area contributed by atoms with E-state index in [1.165, 1.54) is 22.3 Å². The van der Waals surface area contributed by atoms with Gasteiger partial charge in [0.2, 0.25) is 11.8 Å². The second-order valence-electron chi connectivity index (χ2n) is 19.3. The van der Waals surface area contributed by atoms with Crippen LogP contribution in [-0.4, -0.2) is 93.8 Å². The summed E-state index contributed by atoms with van der Waals surface area (Å²) >= 11 is 7.20. The van der Waals surface area contributed by atoms with Gasteiger partial charge in [-0.3, -0.25) is 29.0 Å². The van der Waals surface area contributed by atoms with Gasteiger partial charge in [-0.15, -0.1) is 11.3 Å². The predicted octanol–water partition coefficient (Wildman–Crippen LogP) is 8.33.